The first-order valence-corrected chi connectivity index (χ1v) is 6.43. The summed E-state index contributed by atoms with van der Waals surface area (Å²) in [5.41, 5.74) is 0.445. The minimum Gasteiger partial charge on any atom is -0.484 e. The van der Waals surface area contributed by atoms with Gasteiger partial charge in [0.1, 0.15) is 12.2 Å². The Morgan fingerprint density at radius 2 is 2.40 bits per heavy atom. The summed E-state index contributed by atoms with van der Waals surface area (Å²) >= 11 is 0. The molecule has 0 bridgehead atoms. The summed E-state index contributed by atoms with van der Waals surface area (Å²) in [7, 11) is 2.05. The molecular formula is C13H14N4O3. The number of nitro groups is 1. The zero-order valence-corrected chi connectivity index (χ0v) is 11.0. The molecule has 7 heteroatoms. The van der Waals surface area contributed by atoms with Crippen LogP contribution in [0.1, 0.15) is 12.0 Å². The Labute approximate surface area is 115 Å². The van der Waals surface area contributed by atoms with Crippen molar-refractivity contribution in [3.63, 3.8) is 0 Å². The van der Waals surface area contributed by atoms with Gasteiger partial charge in [0.15, 0.2) is 11.3 Å². The van der Waals surface area contributed by atoms with Gasteiger partial charge in [-0.1, -0.05) is 0 Å². The van der Waals surface area contributed by atoms with Crippen molar-refractivity contribution in [2.75, 3.05) is 25.5 Å². The van der Waals surface area contributed by atoms with Crippen LogP contribution < -0.4 is 10.1 Å². The predicted octanol–water partition coefficient (Wildman–Crippen LogP) is 1.34. The standard InChI is InChI=1S/C13H14N4O3/c1-16-5-4-12-10(7-16)15-9-2-3-11(17(18)19)8(6-14)13(9)20-12/h2-3,10,12,15H,4-5,7H2,1H3/t10-,12+/m1/s1. The molecule has 2 aliphatic heterocycles. The number of nitriles is 1. The number of nitrogens with zero attached hydrogens (tertiary/aromatic N) is 3. The third-order valence-corrected chi connectivity index (χ3v) is 3.81. The van der Waals surface area contributed by atoms with Crippen LogP contribution in [-0.2, 0) is 0 Å². The summed E-state index contributed by atoms with van der Waals surface area (Å²) < 4.78 is 5.88. The molecule has 20 heavy (non-hydrogen) atoms. The fraction of sp³-hybridized carbons (Fsp3) is 0.462. The summed E-state index contributed by atoms with van der Waals surface area (Å²) in [5, 5.41) is 23.5. The SMILES string of the molecule is CN1CC[C@@H]2Oc3c(ccc([N+](=O)[O-])c3C#N)N[C@@H]2C1. The number of rotatable bonds is 1. The molecule has 1 aromatic rings. The van der Waals surface area contributed by atoms with Crippen LogP contribution in [-0.4, -0.2) is 42.1 Å². The molecule has 0 spiro atoms. The maximum atomic E-state index is 11.0. The maximum absolute atomic E-state index is 11.0. The molecule has 2 aliphatic rings. The highest BCUT2D eigenvalue weighted by Crippen LogP contribution is 2.40. The molecule has 1 fully saturated rings. The largest absolute Gasteiger partial charge is 0.484 e. The second-order valence-corrected chi connectivity index (χ2v) is 5.16. The van der Waals surface area contributed by atoms with Gasteiger partial charge >= 0.3 is 0 Å². The lowest BCUT2D eigenvalue weighted by molar-refractivity contribution is -0.385. The number of ether oxygens (including phenoxy) is 1. The molecule has 7 nitrogen and oxygen atoms in total. The fourth-order valence-electron chi connectivity index (χ4n) is 2.79. The zero-order valence-electron chi connectivity index (χ0n) is 11.0. The molecule has 104 valence electrons. The molecule has 0 amide bonds. The highest BCUT2D eigenvalue weighted by Gasteiger charge is 2.36. The zero-order chi connectivity index (χ0) is 14.3. The Balaban J connectivity index is 2.02. The first kappa shape index (κ1) is 12.7. The molecule has 3 rings (SSSR count). The van der Waals surface area contributed by atoms with Crippen LogP contribution in [0.2, 0.25) is 0 Å². The van der Waals surface area contributed by atoms with Crippen LogP contribution >= 0.6 is 0 Å². The molecule has 1 N–H and O–H groups in total. The van der Waals surface area contributed by atoms with Gasteiger partial charge in [-0.05, 0) is 19.5 Å². The molecule has 0 saturated carbocycles. The first-order chi connectivity index (χ1) is 9.60. The van der Waals surface area contributed by atoms with E-state index in [0.717, 1.165) is 19.5 Å². The number of piperidine rings is 1. The van der Waals surface area contributed by atoms with Crippen LogP contribution in [0.15, 0.2) is 12.1 Å². The first-order valence-electron chi connectivity index (χ1n) is 6.43. The number of benzene rings is 1. The van der Waals surface area contributed by atoms with Gasteiger partial charge in [0, 0.05) is 19.2 Å². The van der Waals surface area contributed by atoms with Gasteiger partial charge < -0.3 is 15.0 Å². The molecule has 1 aromatic carbocycles. The van der Waals surface area contributed by atoms with Gasteiger partial charge in [0.25, 0.3) is 5.69 Å². The van der Waals surface area contributed by atoms with Crippen molar-refractivity contribution in [1.82, 2.24) is 4.90 Å². The average molecular weight is 274 g/mol. The minimum atomic E-state index is -0.553. The number of nitrogens with one attached hydrogen (secondary N) is 1. The van der Waals surface area contributed by atoms with E-state index in [1.807, 2.05) is 13.1 Å². The van der Waals surface area contributed by atoms with E-state index in [9.17, 15) is 15.4 Å². The lowest BCUT2D eigenvalue weighted by Gasteiger charge is -2.41. The smallest absolute Gasteiger partial charge is 0.291 e. The van der Waals surface area contributed by atoms with Crippen molar-refractivity contribution in [3.8, 4) is 11.8 Å². The van der Waals surface area contributed by atoms with Crippen LogP contribution in [0.25, 0.3) is 0 Å². The summed E-state index contributed by atoms with van der Waals surface area (Å²) in [4.78, 5) is 12.6. The van der Waals surface area contributed by atoms with Crippen molar-refractivity contribution in [2.45, 2.75) is 18.6 Å². The summed E-state index contributed by atoms with van der Waals surface area (Å²) in [5.74, 6) is 0.313. The van der Waals surface area contributed by atoms with Crippen molar-refractivity contribution < 1.29 is 9.66 Å². The average Bonchev–Trinajstić information content (AvgIpc) is 2.43. The molecule has 0 radical (unpaired) electrons. The molecule has 0 aliphatic carbocycles. The number of hydrogen-bond donors (Lipinski definition) is 1. The molecule has 2 heterocycles. The predicted molar refractivity (Wildman–Crippen MR) is 71.8 cm³/mol. The number of anilines is 1. The van der Waals surface area contributed by atoms with E-state index in [0.29, 0.717) is 11.4 Å². The summed E-state index contributed by atoms with van der Waals surface area (Å²) in [6.07, 6.45) is 0.786. The van der Waals surface area contributed by atoms with Crippen molar-refractivity contribution in [1.29, 1.82) is 5.26 Å². The van der Waals surface area contributed by atoms with Crippen molar-refractivity contribution >= 4 is 11.4 Å². The van der Waals surface area contributed by atoms with E-state index < -0.39 is 4.92 Å². The third kappa shape index (κ3) is 1.94. The second kappa shape index (κ2) is 4.65. The van der Waals surface area contributed by atoms with E-state index in [4.69, 9.17) is 4.74 Å². The highest BCUT2D eigenvalue weighted by atomic mass is 16.6. The molecule has 0 aromatic heterocycles. The van der Waals surface area contributed by atoms with Crippen LogP contribution in [0, 0.1) is 21.4 Å². The molecular weight excluding hydrogens is 260 g/mol. The van der Waals surface area contributed by atoms with Crippen LogP contribution in [0.4, 0.5) is 11.4 Å². The van der Waals surface area contributed by atoms with Gasteiger partial charge in [-0.3, -0.25) is 10.1 Å². The van der Waals surface area contributed by atoms with E-state index in [-0.39, 0.29) is 23.4 Å². The Morgan fingerprint density at radius 3 is 3.10 bits per heavy atom. The van der Waals surface area contributed by atoms with Gasteiger partial charge in [-0.2, -0.15) is 5.26 Å². The number of likely N-dealkylation sites (N-methyl/N-ethyl adjacent to an activating group) is 1. The maximum Gasteiger partial charge on any atom is 0.291 e. The Hall–Kier alpha value is -2.33. The number of likely N-dealkylation sites (tertiary alicyclic amines) is 1. The highest BCUT2D eigenvalue weighted by molar-refractivity contribution is 5.71. The van der Waals surface area contributed by atoms with Crippen LogP contribution in [0.3, 0.4) is 0 Å². The van der Waals surface area contributed by atoms with Crippen LogP contribution in [0.5, 0.6) is 5.75 Å². The second-order valence-electron chi connectivity index (χ2n) is 5.16. The van der Waals surface area contributed by atoms with Crippen molar-refractivity contribution in [3.05, 3.63) is 27.8 Å². The van der Waals surface area contributed by atoms with Gasteiger partial charge in [0.2, 0.25) is 0 Å². The monoisotopic (exact) mass is 274 g/mol. The lowest BCUT2D eigenvalue weighted by Crippen LogP contribution is -2.53. The normalized spacial score (nSPS) is 24.6. The topological polar surface area (TPSA) is 91.4 Å². The number of hydrogen-bond acceptors (Lipinski definition) is 6. The third-order valence-electron chi connectivity index (χ3n) is 3.81. The van der Waals surface area contributed by atoms with Gasteiger partial charge in [-0.15, -0.1) is 0 Å². The fourth-order valence-corrected chi connectivity index (χ4v) is 2.79. The number of fused-ring (bicyclic) bond motifs is 2. The Morgan fingerprint density at radius 1 is 1.60 bits per heavy atom. The summed E-state index contributed by atoms with van der Waals surface area (Å²) in [6.45, 7) is 1.76. The molecule has 2 atom stereocenters. The minimum absolute atomic E-state index is 0.00243. The summed E-state index contributed by atoms with van der Waals surface area (Å²) in [6, 6.07) is 5.00. The van der Waals surface area contributed by atoms with E-state index in [1.165, 1.54) is 6.07 Å². The quantitative estimate of drug-likeness (QED) is 0.614. The van der Waals surface area contributed by atoms with E-state index >= 15 is 0 Å². The van der Waals surface area contributed by atoms with Crippen molar-refractivity contribution in [2.24, 2.45) is 0 Å². The molecule has 0 unspecified atom stereocenters. The Bertz CT molecular complexity index is 610. The lowest BCUT2D eigenvalue weighted by atomic mass is 9.98. The van der Waals surface area contributed by atoms with Gasteiger partial charge in [0.05, 0.1) is 16.7 Å². The van der Waals surface area contributed by atoms with Gasteiger partial charge in [-0.25, -0.2) is 0 Å². The number of nitro benzene ring substituents is 1. The molecule has 1 saturated heterocycles. The van der Waals surface area contributed by atoms with E-state index in [2.05, 4.69) is 10.2 Å². The van der Waals surface area contributed by atoms with E-state index in [1.54, 1.807) is 6.07 Å². The Kier molecular flexibility index (Phi) is 2.95.